The van der Waals surface area contributed by atoms with E-state index in [9.17, 15) is 4.79 Å². The standard InChI is InChI=1S/C9H17NO6/c1-14-7-4-3-6(9(11)15-2)5-8(7)16-10(12)13/h6-8,12-13H,3-5H2,1-2H3/t6?,7-,8-/m1/s1. The maximum atomic E-state index is 11.3. The van der Waals surface area contributed by atoms with Gasteiger partial charge in [-0.2, -0.15) is 0 Å². The number of nitrogens with zero attached hydrogens (tertiary/aromatic N) is 1. The van der Waals surface area contributed by atoms with Crippen LogP contribution in [0.3, 0.4) is 0 Å². The average Bonchev–Trinajstić information content (AvgIpc) is 2.27. The first-order valence-corrected chi connectivity index (χ1v) is 5.03. The number of hydrogen-bond donors (Lipinski definition) is 2. The quantitative estimate of drug-likeness (QED) is 0.537. The Morgan fingerprint density at radius 3 is 2.44 bits per heavy atom. The van der Waals surface area contributed by atoms with Crippen LogP contribution in [0.2, 0.25) is 0 Å². The highest BCUT2D eigenvalue weighted by Gasteiger charge is 2.36. The molecule has 1 rings (SSSR count). The Hall–Kier alpha value is -0.730. The second kappa shape index (κ2) is 6.12. The predicted molar refractivity (Wildman–Crippen MR) is 50.4 cm³/mol. The van der Waals surface area contributed by atoms with E-state index in [0.717, 1.165) is 0 Å². The van der Waals surface area contributed by atoms with Crippen molar-refractivity contribution in [3.63, 3.8) is 0 Å². The zero-order valence-corrected chi connectivity index (χ0v) is 9.33. The van der Waals surface area contributed by atoms with Crippen LogP contribution in [-0.2, 0) is 19.1 Å². The van der Waals surface area contributed by atoms with Crippen molar-refractivity contribution in [3.8, 4) is 0 Å². The van der Waals surface area contributed by atoms with Gasteiger partial charge in [0.25, 0.3) is 0 Å². The molecule has 1 aliphatic rings. The summed E-state index contributed by atoms with van der Waals surface area (Å²) in [4.78, 5) is 16.1. The summed E-state index contributed by atoms with van der Waals surface area (Å²) < 4.78 is 9.78. The zero-order chi connectivity index (χ0) is 12.1. The van der Waals surface area contributed by atoms with Gasteiger partial charge in [0, 0.05) is 7.11 Å². The molecule has 1 saturated carbocycles. The number of esters is 1. The Balaban J connectivity index is 2.57. The van der Waals surface area contributed by atoms with Gasteiger partial charge in [-0.1, -0.05) is 0 Å². The van der Waals surface area contributed by atoms with Crippen molar-refractivity contribution < 1.29 is 29.5 Å². The van der Waals surface area contributed by atoms with Gasteiger partial charge in [0.05, 0.1) is 24.5 Å². The molecule has 0 aromatic carbocycles. The lowest BCUT2D eigenvalue weighted by Crippen LogP contribution is -2.42. The molecule has 0 radical (unpaired) electrons. The van der Waals surface area contributed by atoms with E-state index in [1.165, 1.54) is 14.2 Å². The van der Waals surface area contributed by atoms with Crippen LogP contribution in [-0.4, -0.2) is 48.2 Å². The summed E-state index contributed by atoms with van der Waals surface area (Å²) in [5, 5.41) is 16.8. The Labute approximate surface area is 93.4 Å². The van der Waals surface area contributed by atoms with Crippen LogP contribution in [0.25, 0.3) is 0 Å². The third-order valence-electron chi connectivity index (χ3n) is 2.80. The second-order valence-electron chi connectivity index (χ2n) is 3.70. The first-order chi connectivity index (χ1) is 7.58. The van der Waals surface area contributed by atoms with Crippen LogP contribution in [0.15, 0.2) is 0 Å². The highest BCUT2D eigenvalue weighted by molar-refractivity contribution is 5.72. The molecule has 0 heterocycles. The fourth-order valence-electron chi connectivity index (χ4n) is 1.98. The van der Waals surface area contributed by atoms with E-state index in [-0.39, 0.29) is 23.4 Å². The first-order valence-electron chi connectivity index (χ1n) is 5.03. The van der Waals surface area contributed by atoms with E-state index < -0.39 is 6.10 Å². The minimum absolute atomic E-state index is 0.261. The number of carbonyl (C=O) groups is 1. The summed E-state index contributed by atoms with van der Waals surface area (Å²) in [6.45, 7) is 0. The Morgan fingerprint density at radius 1 is 1.25 bits per heavy atom. The summed E-state index contributed by atoms with van der Waals surface area (Å²) >= 11 is 0. The molecule has 7 heteroatoms. The predicted octanol–water partition coefficient (Wildman–Crippen LogP) is 0.355. The minimum Gasteiger partial charge on any atom is -0.469 e. The highest BCUT2D eigenvalue weighted by atomic mass is 17.1. The molecule has 1 aliphatic carbocycles. The Morgan fingerprint density at radius 2 is 1.94 bits per heavy atom. The topological polar surface area (TPSA) is 88.5 Å². The van der Waals surface area contributed by atoms with Gasteiger partial charge in [0.1, 0.15) is 6.10 Å². The van der Waals surface area contributed by atoms with E-state index >= 15 is 0 Å². The fraction of sp³-hybridized carbons (Fsp3) is 0.889. The maximum Gasteiger partial charge on any atom is 0.308 e. The lowest BCUT2D eigenvalue weighted by atomic mass is 9.85. The van der Waals surface area contributed by atoms with Gasteiger partial charge in [-0.05, 0) is 19.3 Å². The molecule has 3 atom stereocenters. The molecule has 1 unspecified atom stereocenters. The first kappa shape index (κ1) is 13.3. The van der Waals surface area contributed by atoms with Crippen molar-refractivity contribution in [1.29, 1.82) is 0 Å². The highest BCUT2D eigenvalue weighted by Crippen LogP contribution is 2.29. The number of methoxy groups -OCH3 is 2. The van der Waals surface area contributed by atoms with E-state index in [2.05, 4.69) is 4.74 Å². The van der Waals surface area contributed by atoms with Crippen molar-refractivity contribution in [2.45, 2.75) is 31.5 Å². The molecule has 0 spiro atoms. The lowest BCUT2D eigenvalue weighted by Gasteiger charge is -2.33. The molecule has 7 nitrogen and oxygen atoms in total. The normalized spacial score (nSPS) is 30.4. The van der Waals surface area contributed by atoms with Gasteiger partial charge in [-0.3, -0.25) is 15.2 Å². The van der Waals surface area contributed by atoms with Gasteiger partial charge in [0.2, 0.25) is 0 Å². The van der Waals surface area contributed by atoms with Crippen molar-refractivity contribution >= 4 is 5.97 Å². The minimum atomic E-state index is -0.571. The van der Waals surface area contributed by atoms with Crippen LogP contribution in [0, 0.1) is 5.92 Å². The van der Waals surface area contributed by atoms with Crippen LogP contribution < -0.4 is 0 Å². The van der Waals surface area contributed by atoms with Crippen LogP contribution in [0.5, 0.6) is 0 Å². The van der Waals surface area contributed by atoms with Crippen LogP contribution in [0.1, 0.15) is 19.3 Å². The molecular formula is C9H17NO6. The smallest absolute Gasteiger partial charge is 0.308 e. The van der Waals surface area contributed by atoms with Gasteiger partial charge < -0.3 is 9.47 Å². The van der Waals surface area contributed by atoms with Crippen molar-refractivity contribution in [3.05, 3.63) is 0 Å². The molecule has 2 N–H and O–H groups in total. The number of hydrogen-bond acceptors (Lipinski definition) is 7. The van der Waals surface area contributed by atoms with E-state index in [1.54, 1.807) is 0 Å². The molecule has 0 saturated heterocycles. The number of carbonyl (C=O) groups excluding carboxylic acids is 1. The summed E-state index contributed by atoms with van der Waals surface area (Å²) in [6, 6.07) is 0. The molecular weight excluding hydrogens is 218 g/mol. The molecule has 0 bridgehead atoms. The number of ether oxygens (including phenoxy) is 2. The molecule has 0 aromatic heterocycles. The average molecular weight is 235 g/mol. The van der Waals surface area contributed by atoms with Crippen LogP contribution in [0.4, 0.5) is 0 Å². The molecule has 0 aromatic rings. The fourth-order valence-corrected chi connectivity index (χ4v) is 1.98. The third-order valence-corrected chi connectivity index (χ3v) is 2.80. The monoisotopic (exact) mass is 235 g/mol. The molecule has 94 valence electrons. The van der Waals surface area contributed by atoms with Crippen molar-refractivity contribution in [1.82, 2.24) is 5.39 Å². The lowest BCUT2D eigenvalue weighted by molar-refractivity contribution is -0.510. The van der Waals surface area contributed by atoms with E-state index in [1.807, 2.05) is 0 Å². The van der Waals surface area contributed by atoms with E-state index in [0.29, 0.717) is 19.3 Å². The zero-order valence-electron chi connectivity index (χ0n) is 9.33. The van der Waals surface area contributed by atoms with Crippen molar-refractivity contribution in [2.75, 3.05) is 14.2 Å². The largest absolute Gasteiger partial charge is 0.469 e. The molecule has 1 fully saturated rings. The Bertz CT molecular complexity index is 234. The third kappa shape index (κ3) is 3.39. The summed E-state index contributed by atoms with van der Waals surface area (Å²) in [6.07, 6.45) is 0.750. The second-order valence-corrected chi connectivity index (χ2v) is 3.70. The summed E-state index contributed by atoms with van der Waals surface area (Å²) in [5.41, 5.74) is 0. The van der Waals surface area contributed by atoms with Gasteiger partial charge >= 0.3 is 5.97 Å². The summed E-state index contributed by atoms with van der Waals surface area (Å²) in [5.74, 6) is -0.605. The van der Waals surface area contributed by atoms with Gasteiger partial charge in [-0.25, -0.2) is 4.84 Å². The molecule has 0 amide bonds. The van der Waals surface area contributed by atoms with E-state index in [4.69, 9.17) is 20.0 Å². The molecule has 16 heavy (non-hydrogen) atoms. The number of rotatable bonds is 4. The SMILES string of the molecule is COC(=O)C1CC[C@@H](OC)[C@H](ON(O)O)C1. The maximum absolute atomic E-state index is 11.3. The van der Waals surface area contributed by atoms with Crippen molar-refractivity contribution in [2.24, 2.45) is 5.92 Å². The molecule has 0 aliphatic heterocycles. The van der Waals surface area contributed by atoms with Gasteiger partial charge in [-0.15, -0.1) is 0 Å². The Kier molecular flexibility index (Phi) is 5.10. The van der Waals surface area contributed by atoms with Gasteiger partial charge in [0.15, 0.2) is 0 Å². The van der Waals surface area contributed by atoms with Crippen LogP contribution >= 0.6 is 0 Å². The summed E-state index contributed by atoms with van der Waals surface area (Å²) in [7, 11) is 2.84.